The van der Waals surface area contributed by atoms with E-state index < -0.39 is 18.3 Å². The van der Waals surface area contributed by atoms with Crippen LogP contribution in [0.15, 0.2) is 25.3 Å². The third-order valence-electron chi connectivity index (χ3n) is 2.49. The van der Waals surface area contributed by atoms with Crippen molar-refractivity contribution in [3.05, 3.63) is 25.3 Å². The number of aliphatic hydroxyl groups is 3. The molecule has 0 fully saturated rings. The monoisotopic (exact) mass is 320 g/mol. The third kappa shape index (κ3) is 11.8. The molecule has 3 N–H and O–H groups in total. The topological polar surface area (TPSA) is 97.6 Å². The molecule has 0 radical (unpaired) electrons. The second-order valence-electron chi connectivity index (χ2n) is 4.59. The molecule has 22 heavy (non-hydrogen) atoms. The summed E-state index contributed by atoms with van der Waals surface area (Å²) < 4.78 is 21.2. The molecule has 0 rings (SSSR count). The molecule has 0 aromatic rings. The molecule has 130 valence electrons. The maximum Gasteiger partial charge on any atom is 0.105 e. The van der Waals surface area contributed by atoms with E-state index in [-0.39, 0.29) is 39.6 Å². The van der Waals surface area contributed by atoms with Gasteiger partial charge < -0.3 is 34.3 Å². The van der Waals surface area contributed by atoms with Crippen molar-refractivity contribution in [1.82, 2.24) is 0 Å². The van der Waals surface area contributed by atoms with Crippen molar-refractivity contribution < 1.29 is 34.3 Å². The van der Waals surface area contributed by atoms with Crippen LogP contribution >= 0.6 is 0 Å². The van der Waals surface area contributed by atoms with Crippen LogP contribution < -0.4 is 0 Å². The van der Waals surface area contributed by atoms with Gasteiger partial charge in [-0.25, -0.2) is 0 Å². The van der Waals surface area contributed by atoms with Gasteiger partial charge in [0.2, 0.25) is 0 Å². The summed E-state index contributed by atoms with van der Waals surface area (Å²) in [5.41, 5.74) is 0. The first-order valence-electron chi connectivity index (χ1n) is 7.18. The van der Waals surface area contributed by atoms with Crippen LogP contribution in [0.1, 0.15) is 0 Å². The predicted molar refractivity (Wildman–Crippen MR) is 81.7 cm³/mol. The van der Waals surface area contributed by atoms with Gasteiger partial charge >= 0.3 is 0 Å². The number of hydrogen-bond donors (Lipinski definition) is 3. The molecule has 0 bridgehead atoms. The molecule has 0 aliphatic heterocycles. The minimum atomic E-state index is -0.749. The molecule has 0 aromatic carbocycles. The van der Waals surface area contributed by atoms with Crippen molar-refractivity contribution >= 4 is 0 Å². The number of aliphatic hydroxyl groups excluding tert-OH is 3. The lowest BCUT2D eigenvalue weighted by molar-refractivity contribution is -0.121. The quantitative estimate of drug-likeness (QED) is 0.261. The maximum atomic E-state index is 9.63. The maximum absolute atomic E-state index is 9.63. The predicted octanol–water partition coefficient (Wildman–Crippen LogP) is -0.492. The Hall–Kier alpha value is -0.800. The zero-order valence-corrected chi connectivity index (χ0v) is 12.9. The van der Waals surface area contributed by atoms with Gasteiger partial charge in [0.1, 0.15) is 18.3 Å². The Kier molecular flexibility index (Phi) is 14.6. The van der Waals surface area contributed by atoms with E-state index in [4.69, 9.17) is 29.2 Å². The highest BCUT2D eigenvalue weighted by molar-refractivity contribution is 4.67. The number of rotatable bonds is 16. The van der Waals surface area contributed by atoms with E-state index in [9.17, 15) is 5.11 Å². The lowest BCUT2D eigenvalue weighted by atomic mass is 10.3. The first-order valence-corrected chi connectivity index (χ1v) is 7.18. The van der Waals surface area contributed by atoms with Gasteiger partial charge in [-0.3, -0.25) is 0 Å². The summed E-state index contributed by atoms with van der Waals surface area (Å²) in [6.45, 7) is 7.80. The van der Waals surface area contributed by atoms with Gasteiger partial charge in [-0.1, -0.05) is 12.2 Å². The van der Waals surface area contributed by atoms with Crippen molar-refractivity contribution in [2.75, 3.05) is 52.9 Å². The average molecular weight is 320 g/mol. The van der Waals surface area contributed by atoms with E-state index in [2.05, 4.69) is 13.2 Å². The van der Waals surface area contributed by atoms with Crippen LogP contribution in [0.4, 0.5) is 0 Å². The summed E-state index contributed by atoms with van der Waals surface area (Å²) in [6.07, 6.45) is 1.29. The Morgan fingerprint density at radius 2 is 1.27 bits per heavy atom. The van der Waals surface area contributed by atoms with Crippen LogP contribution in [0.25, 0.3) is 0 Å². The van der Waals surface area contributed by atoms with E-state index in [1.54, 1.807) is 12.2 Å². The highest BCUT2D eigenvalue weighted by atomic mass is 16.6. The fourth-order valence-electron chi connectivity index (χ4n) is 1.50. The molecule has 0 aliphatic carbocycles. The van der Waals surface area contributed by atoms with Crippen molar-refractivity contribution in [2.24, 2.45) is 0 Å². The summed E-state index contributed by atoms with van der Waals surface area (Å²) in [5.74, 6) is 0. The first kappa shape index (κ1) is 21.2. The zero-order valence-electron chi connectivity index (χ0n) is 12.9. The van der Waals surface area contributed by atoms with Crippen molar-refractivity contribution in [3.8, 4) is 0 Å². The minimum absolute atomic E-state index is 0.0847. The third-order valence-corrected chi connectivity index (χ3v) is 2.49. The van der Waals surface area contributed by atoms with Crippen molar-refractivity contribution in [3.63, 3.8) is 0 Å². The SMILES string of the molecule is C=CCOCC(O)COCC(COCC=C)OC(CO)CO. The second kappa shape index (κ2) is 15.1. The summed E-state index contributed by atoms with van der Waals surface area (Å²) in [5, 5.41) is 27.7. The molecule has 0 aliphatic rings. The molecule has 2 unspecified atom stereocenters. The van der Waals surface area contributed by atoms with Gasteiger partial charge in [-0.15, -0.1) is 13.2 Å². The van der Waals surface area contributed by atoms with Gasteiger partial charge in [0.05, 0.1) is 52.9 Å². The smallest absolute Gasteiger partial charge is 0.105 e. The molecular weight excluding hydrogens is 292 g/mol. The van der Waals surface area contributed by atoms with Crippen LogP contribution in [0.2, 0.25) is 0 Å². The fourth-order valence-corrected chi connectivity index (χ4v) is 1.50. The molecular formula is C15H28O7. The Balaban J connectivity index is 4.03. The van der Waals surface area contributed by atoms with E-state index >= 15 is 0 Å². The summed E-state index contributed by atoms with van der Waals surface area (Å²) >= 11 is 0. The molecule has 7 nitrogen and oxygen atoms in total. The normalized spacial score (nSPS) is 14.0. The minimum Gasteiger partial charge on any atom is -0.394 e. The van der Waals surface area contributed by atoms with Crippen LogP contribution in [0.3, 0.4) is 0 Å². The Labute approximate surface area is 131 Å². The molecule has 0 saturated carbocycles. The Morgan fingerprint density at radius 1 is 0.773 bits per heavy atom. The number of hydrogen-bond acceptors (Lipinski definition) is 7. The summed E-state index contributed by atoms with van der Waals surface area (Å²) in [6, 6.07) is 0. The Morgan fingerprint density at radius 3 is 1.82 bits per heavy atom. The zero-order chi connectivity index (χ0) is 16.6. The molecule has 0 heterocycles. The van der Waals surface area contributed by atoms with Crippen molar-refractivity contribution in [2.45, 2.75) is 18.3 Å². The lowest BCUT2D eigenvalue weighted by Crippen LogP contribution is -2.35. The fraction of sp³-hybridized carbons (Fsp3) is 0.733. The van der Waals surface area contributed by atoms with E-state index in [1.165, 1.54) is 0 Å². The molecule has 0 saturated heterocycles. The van der Waals surface area contributed by atoms with Gasteiger partial charge in [0, 0.05) is 0 Å². The van der Waals surface area contributed by atoms with Gasteiger partial charge in [0.25, 0.3) is 0 Å². The van der Waals surface area contributed by atoms with Crippen molar-refractivity contribution in [1.29, 1.82) is 0 Å². The van der Waals surface area contributed by atoms with Crippen LogP contribution in [-0.4, -0.2) is 86.5 Å². The first-order chi connectivity index (χ1) is 10.7. The number of ether oxygens (including phenoxy) is 4. The molecule has 0 amide bonds. The molecule has 0 aromatic heterocycles. The van der Waals surface area contributed by atoms with Gasteiger partial charge in [0.15, 0.2) is 0 Å². The largest absolute Gasteiger partial charge is 0.394 e. The molecule has 2 atom stereocenters. The van der Waals surface area contributed by atoms with Crippen LogP contribution in [0.5, 0.6) is 0 Å². The molecule has 0 spiro atoms. The van der Waals surface area contributed by atoms with Gasteiger partial charge in [-0.05, 0) is 0 Å². The van der Waals surface area contributed by atoms with E-state index in [0.29, 0.717) is 13.2 Å². The lowest BCUT2D eigenvalue weighted by Gasteiger charge is -2.23. The van der Waals surface area contributed by atoms with Crippen LogP contribution in [0, 0.1) is 0 Å². The summed E-state index contributed by atoms with van der Waals surface area (Å²) in [4.78, 5) is 0. The molecule has 7 heteroatoms. The average Bonchev–Trinajstić information content (AvgIpc) is 2.52. The van der Waals surface area contributed by atoms with Crippen LogP contribution in [-0.2, 0) is 18.9 Å². The standard InChI is InChI=1S/C15H28O7/c1-3-5-19-9-13(18)10-21-12-15(11-20-6-4-2)22-14(7-16)8-17/h3-4,13-18H,1-2,5-12H2. The highest BCUT2D eigenvalue weighted by Gasteiger charge is 2.17. The highest BCUT2D eigenvalue weighted by Crippen LogP contribution is 2.02. The van der Waals surface area contributed by atoms with Gasteiger partial charge in [-0.2, -0.15) is 0 Å². The van der Waals surface area contributed by atoms with E-state index in [0.717, 1.165) is 0 Å². The second-order valence-corrected chi connectivity index (χ2v) is 4.59. The Bertz CT molecular complexity index is 269. The van der Waals surface area contributed by atoms with E-state index in [1.807, 2.05) is 0 Å². The summed E-state index contributed by atoms with van der Waals surface area (Å²) in [7, 11) is 0.